The maximum absolute atomic E-state index is 12.1. The Hall–Kier alpha value is -1.05. The van der Waals surface area contributed by atoms with Crippen LogP contribution in [0.1, 0.15) is 36.3 Å². The van der Waals surface area contributed by atoms with Gasteiger partial charge in [-0.05, 0) is 33.1 Å². The molecule has 3 aliphatic heterocycles. The highest BCUT2D eigenvalue weighted by molar-refractivity contribution is 8.01. The van der Waals surface area contributed by atoms with E-state index < -0.39 is 0 Å². The van der Waals surface area contributed by atoms with E-state index >= 15 is 0 Å². The molecule has 6 nitrogen and oxygen atoms in total. The third-order valence-corrected chi connectivity index (χ3v) is 7.24. The van der Waals surface area contributed by atoms with Crippen LogP contribution in [-0.4, -0.2) is 70.3 Å². The fourth-order valence-corrected chi connectivity index (χ4v) is 5.81. The number of nitrogens with zero attached hydrogens (tertiary/aromatic N) is 3. The van der Waals surface area contributed by atoms with Gasteiger partial charge in [0, 0.05) is 48.8 Å². The summed E-state index contributed by atoms with van der Waals surface area (Å²) in [5.74, 6) is 2.10. The molecule has 0 bridgehead atoms. The van der Waals surface area contributed by atoms with E-state index in [1.54, 1.807) is 0 Å². The van der Waals surface area contributed by atoms with Crippen molar-refractivity contribution in [3.8, 4) is 0 Å². The molecule has 138 valence electrons. The standard InChI is InChI=1S/C18H27N3O3S/c1-13-16(14(2)24-19-13)8-20-11-18(12-20)7-15(10-25-18)23-9-17(22)21-5-3-4-6-21/h15H,3-12H2,1-2H3. The zero-order chi connectivity index (χ0) is 17.4. The van der Waals surface area contributed by atoms with Crippen LogP contribution in [0, 0.1) is 13.8 Å². The first-order valence-electron chi connectivity index (χ1n) is 9.22. The average molecular weight is 365 g/mol. The lowest BCUT2D eigenvalue weighted by molar-refractivity contribution is -0.136. The molecule has 7 heteroatoms. The van der Waals surface area contributed by atoms with Crippen molar-refractivity contribution >= 4 is 17.7 Å². The minimum atomic E-state index is 0.164. The van der Waals surface area contributed by atoms with E-state index in [1.165, 1.54) is 5.56 Å². The number of carbonyl (C=O) groups is 1. The van der Waals surface area contributed by atoms with Crippen molar-refractivity contribution in [3.05, 3.63) is 17.0 Å². The number of ether oxygens (including phenoxy) is 1. The molecule has 1 aromatic rings. The molecular formula is C18H27N3O3S. The molecule has 4 rings (SSSR count). The summed E-state index contributed by atoms with van der Waals surface area (Å²) >= 11 is 2.02. The lowest BCUT2D eigenvalue weighted by Crippen LogP contribution is -2.58. The third kappa shape index (κ3) is 3.59. The Labute approximate surface area is 153 Å². The van der Waals surface area contributed by atoms with Gasteiger partial charge in [-0.3, -0.25) is 9.69 Å². The minimum absolute atomic E-state index is 0.164. The van der Waals surface area contributed by atoms with Gasteiger partial charge in [-0.1, -0.05) is 5.16 Å². The highest BCUT2D eigenvalue weighted by Crippen LogP contribution is 2.46. The van der Waals surface area contributed by atoms with Gasteiger partial charge >= 0.3 is 0 Å². The molecule has 1 aromatic heterocycles. The van der Waals surface area contributed by atoms with Crippen LogP contribution in [0.5, 0.6) is 0 Å². The van der Waals surface area contributed by atoms with Gasteiger partial charge in [0.15, 0.2) is 0 Å². The Morgan fingerprint density at radius 2 is 2.12 bits per heavy atom. The Morgan fingerprint density at radius 1 is 1.36 bits per heavy atom. The van der Waals surface area contributed by atoms with Gasteiger partial charge < -0.3 is 14.2 Å². The SMILES string of the molecule is Cc1noc(C)c1CN1CC2(CC(OCC(=O)N3CCCC3)CS2)C1. The first-order chi connectivity index (χ1) is 12.0. The Morgan fingerprint density at radius 3 is 2.80 bits per heavy atom. The summed E-state index contributed by atoms with van der Waals surface area (Å²) in [5.41, 5.74) is 2.22. The van der Waals surface area contributed by atoms with Gasteiger partial charge in [-0.15, -0.1) is 11.8 Å². The predicted molar refractivity (Wildman–Crippen MR) is 96.6 cm³/mol. The Balaban J connectivity index is 1.21. The van der Waals surface area contributed by atoms with Crippen molar-refractivity contribution < 1.29 is 14.1 Å². The smallest absolute Gasteiger partial charge is 0.248 e. The van der Waals surface area contributed by atoms with Crippen LogP contribution in [-0.2, 0) is 16.1 Å². The molecular weight excluding hydrogens is 338 g/mol. The van der Waals surface area contributed by atoms with Gasteiger partial charge in [0.05, 0.1) is 11.8 Å². The Kier molecular flexibility index (Phi) is 4.81. The number of thioether (sulfide) groups is 1. The van der Waals surface area contributed by atoms with E-state index in [0.29, 0.717) is 4.75 Å². The number of carbonyl (C=O) groups excluding carboxylic acids is 1. The normalized spacial score (nSPS) is 25.7. The first kappa shape index (κ1) is 17.4. The Bertz CT molecular complexity index is 616. The van der Waals surface area contributed by atoms with E-state index in [-0.39, 0.29) is 18.6 Å². The fraction of sp³-hybridized carbons (Fsp3) is 0.778. The summed E-state index contributed by atoms with van der Waals surface area (Å²) in [6, 6.07) is 0. The van der Waals surface area contributed by atoms with Crippen molar-refractivity contribution in [1.82, 2.24) is 15.0 Å². The number of amides is 1. The summed E-state index contributed by atoms with van der Waals surface area (Å²) in [7, 11) is 0. The van der Waals surface area contributed by atoms with Crippen LogP contribution in [0.15, 0.2) is 4.52 Å². The number of rotatable bonds is 5. The van der Waals surface area contributed by atoms with Crippen LogP contribution < -0.4 is 0 Å². The van der Waals surface area contributed by atoms with Crippen molar-refractivity contribution in [1.29, 1.82) is 0 Å². The molecule has 0 saturated carbocycles. The fourth-order valence-electron chi connectivity index (χ4n) is 4.21. The molecule has 3 fully saturated rings. The minimum Gasteiger partial charge on any atom is -0.367 e. The maximum atomic E-state index is 12.1. The van der Waals surface area contributed by atoms with Crippen LogP contribution in [0.25, 0.3) is 0 Å². The van der Waals surface area contributed by atoms with E-state index in [1.807, 2.05) is 30.5 Å². The molecule has 1 spiro atoms. The third-order valence-electron chi connectivity index (χ3n) is 5.66. The van der Waals surface area contributed by atoms with E-state index in [4.69, 9.17) is 9.26 Å². The van der Waals surface area contributed by atoms with E-state index in [2.05, 4.69) is 10.1 Å². The molecule has 25 heavy (non-hydrogen) atoms. The van der Waals surface area contributed by atoms with Crippen molar-refractivity contribution in [2.45, 2.75) is 50.5 Å². The molecule has 0 radical (unpaired) electrons. The lowest BCUT2D eigenvalue weighted by Gasteiger charge is -2.47. The lowest BCUT2D eigenvalue weighted by atomic mass is 9.92. The quantitative estimate of drug-likeness (QED) is 0.795. The molecule has 1 unspecified atom stereocenters. The van der Waals surface area contributed by atoms with Crippen LogP contribution in [0.3, 0.4) is 0 Å². The van der Waals surface area contributed by atoms with E-state index in [9.17, 15) is 4.79 Å². The summed E-state index contributed by atoms with van der Waals surface area (Å²) in [4.78, 5) is 16.5. The second kappa shape index (κ2) is 6.93. The number of hydrogen-bond acceptors (Lipinski definition) is 6. The van der Waals surface area contributed by atoms with Crippen LogP contribution in [0.4, 0.5) is 0 Å². The number of likely N-dealkylation sites (tertiary alicyclic amines) is 2. The molecule has 0 N–H and O–H groups in total. The number of hydrogen-bond donors (Lipinski definition) is 0. The van der Waals surface area contributed by atoms with Crippen molar-refractivity contribution in [2.75, 3.05) is 38.5 Å². The first-order valence-corrected chi connectivity index (χ1v) is 10.2. The summed E-state index contributed by atoms with van der Waals surface area (Å²) in [5, 5.41) is 4.04. The zero-order valence-electron chi connectivity index (χ0n) is 15.1. The van der Waals surface area contributed by atoms with Gasteiger partial charge in [-0.2, -0.15) is 0 Å². The number of aryl methyl sites for hydroxylation is 2. The monoisotopic (exact) mass is 365 g/mol. The summed E-state index contributed by atoms with van der Waals surface area (Å²) < 4.78 is 11.5. The van der Waals surface area contributed by atoms with Crippen molar-refractivity contribution in [2.24, 2.45) is 0 Å². The topological polar surface area (TPSA) is 58.8 Å². The molecule has 1 amide bonds. The average Bonchev–Trinajstić information content (AvgIpc) is 3.28. The van der Waals surface area contributed by atoms with Gasteiger partial charge in [-0.25, -0.2) is 0 Å². The zero-order valence-corrected chi connectivity index (χ0v) is 15.9. The van der Waals surface area contributed by atoms with Gasteiger partial charge in [0.1, 0.15) is 12.4 Å². The van der Waals surface area contributed by atoms with E-state index in [0.717, 1.165) is 69.2 Å². The summed E-state index contributed by atoms with van der Waals surface area (Å²) in [6.07, 6.45) is 3.55. The predicted octanol–water partition coefficient (Wildman–Crippen LogP) is 1.99. The second-order valence-electron chi connectivity index (χ2n) is 7.67. The molecule has 1 atom stereocenters. The summed E-state index contributed by atoms with van der Waals surface area (Å²) in [6.45, 7) is 9.14. The van der Waals surface area contributed by atoms with Gasteiger partial charge in [0.25, 0.3) is 0 Å². The maximum Gasteiger partial charge on any atom is 0.248 e. The van der Waals surface area contributed by atoms with Crippen molar-refractivity contribution in [3.63, 3.8) is 0 Å². The second-order valence-corrected chi connectivity index (χ2v) is 9.15. The van der Waals surface area contributed by atoms with Gasteiger partial charge in [0.2, 0.25) is 5.91 Å². The highest BCUT2D eigenvalue weighted by atomic mass is 32.2. The molecule has 4 heterocycles. The molecule has 3 saturated heterocycles. The molecule has 0 aliphatic carbocycles. The highest BCUT2D eigenvalue weighted by Gasteiger charge is 2.49. The molecule has 0 aromatic carbocycles. The molecule has 3 aliphatic rings. The largest absolute Gasteiger partial charge is 0.367 e. The number of aromatic nitrogens is 1. The van der Waals surface area contributed by atoms with Crippen LogP contribution in [0.2, 0.25) is 0 Å². The van der Waals surface area contributed by atoms with Crippen LogP contribution >= 0.6 is 11.8 Å².